The van der Waals surface area contributed by atoms with Crippen LogP contribution in [0.3, 0.4) is 0 Å². The van der Waals surface area contributed by atoms with Crippen molar-refractivity contribution in [2.24, 2.45) is 0 Å². The van der Waals surface area contributed by atoms with Crippen LogP contribution in [0.25, 0.3) is 21.2 Å². The molecule has 0 N–H and O–H groups in total. The number of thiazole rings is 1. The van der Waals surface area contributed by atoms with Crippen molar-refractivity contribution in [2.45, 2.75) is 0 Å². The van der Waals surface area contributed by atoms with Crippen LogP contribution in [0.1, 0.15) is 10.6 Å². The molecule has 0 fully saturated rings. The number of thioether (sulfide) groups is 1. The van der Waals surface area contributed by atoms with E-state index >= 15 is 0 Å². The number of hydrogen-bond acceptors (Lipinski definition) is 7. The number of carbonyl (C=O) groups excluding carboxylic acids is 1. The van der Waals surface area contributed by atoms with Gasteiger partial charge in [0.05, 0.1) is 23.3 Å². The van der Waals surface area contributed by atoms with Crippen LogP contribution in [-0.4, -0.2) is 30.4 Å². The maximum atomic E-state index is 11.0. The second-order valence-corrected chi connectivity index (χ2v) is 7.71. The Labute approximate surface area is 171 Å². The van der Waals surface area contributed by atoms with Gasteiger partial charge in [-0.05, 0) is 35.9 Å². The molecule has 28 heavy (non-hydrogen) atoms. The summed E-state index contributed by atoms with van der Waals surface area (Å²) in [5.41, 5.74) is 1.73. The minimum absolute atomic E-state index is 0.153. The van der Waals surface area contributed by atoms with Gasteiger partial charge in [0.25, 0.3) is 0 Å². The van der Waals surface area contributed by atoms with E-state index in [-0.39, 0.29) is 5.75 Å². The number of methoxy groups -OCH3 is 1. The van der Waals surface area contributed by atoms with Crippen LogP contribution in [-0.2, 0) is 4.79 Å². The Kier molecular flexibility index (Phi) is 6.73. The number of benzene rings is 2. The third-order valence-electron chi connectivity index (χ3n) is 3.69. The van der Waals surface area contributed by atoms with E-state index in [1.807, 2.05) is 48.5 Å². The van der Waals surface area contributed by atoms with Crippen LogP contribution in [0.15, 0.2) is 55.1 Å². The average molecular weight is 413 g/mol. The fourth-order valence-electron chi connectivity index (χ4n) is 2.47. The van der Waals surface area contributed by atoms with Crippen LogP contribution in [0, 0.1) is 0 Å². The van der Waals surface area contributed by atoms with Crippen LogP contribution < -0.4 is 14.6 Å². The van der Waals surface area contributed by atoms with Gasteiger partial charge in [-0.2, -0.15) is 0 Å². The fourth-order valence-corrected chi connectivity index (χ4v) is 4.31. The summed E-state index contributed by atoms with van der Waals surface area (Å²) in [4.78, 5) is 16.4. The number of para-hydroxylation sites is 1. The van der Waals surface area contributed by atoms with E-state index in [1.54, 1.807) is 13.2 Å². The van der Waals surface area contributed by atoms with Crippen molar-refractivity contribution >= 4 is 50.3 Å². The number of aromatic nitrogens is 1. The molecule has 0 atom stereocenters. The van der Waals surface area contributed by atoms with Gasteiger partial charge in [-0.1, -0.05) is 30.9 Å². The molecular formula is C21H18NO4S2-. The topological polar surface area (TPSA) is 71.5 Å². The summed E-state index contributed by atoms with van der Waals surface area (Å²) in [6.45, 7) is 4.02. The summed E-state index contributed by atoms with van der Waals surface area (Å²) in [5, 5.41) is 11.7. The molecule has 0 bridgehead atoms. The molecule has 0 saturated heterocycles. The summed E-state index contributed by atoms with van der Waals surface area (Å²) >= 11 is 2.71. The molecular weight excluding hydrogens is 394 g/mol. The minimum Gasteiger partial charge on any atom is -0.549 e. The molecule has 0 aliphatic heterocycles. The van der Waals surface area contributed by atoms with Crippen molar-refractivity contribution < 1.29 is 19.4 Å². The molecule has 3 rings (SSSR count). The molecule has 2 aromatic carbocycles. The number of hydrogen-bond donors (Lipinski definition) is 0. The largest absolute Gasteiger partial charge is 0.549 e. The molecule has 0 aliphatic carbocycles. The molecule has 0 radical (unpaired) electrons. The highest BCUT2D eigenvalue weighted by Gasteiger charge is 2.11. The molecule has 144 valence electrons. The summed E-state index contributed by atoms with van der Waals surface area (Å²) in [5.74, 6) is -0.0743. The summed E-state index contributed by atoms with van der Waals surface area (Å²) < 4.78 is 12.0. The fraction of sp³-hybridized carbons (Fsp3) is 0.143. The minimum atomic E-state index is -1.12. The maximum absolute atomic E-state index is 11.0. The van der Waals surface area contributed by atoms with Crippen molar-refractivity contribution in [3.8, 4) is 11.5 Å². The number of fused-ring (bicyclic) bond motifs is 1. The molecule has 0 unspecified atom stereocenters. The smallest absolute Gasteiger partial charge is 0.161 e. The van der Waals surface area contributed by atoms with Gasteiger partial charge in [0.1, 0.15) is 11.6 Å². The van der Waals surface area contributed by atoms with Crippen molar-refractivity contribution in [2.75, 3.05) is 19.5 Å². The molecule has 1 heterocycles. The molecule has 0 amide bonds. The number of aliphatic carboxylic acids is 1. The Balaban J connectivity index is 1.98. The average Bonchev–Trinajstić information content (AvgIpc) is 3.13. The Bertz CT molecular complexity index is 993. The zero-order valence-electron chi connectivity index (χ0n) is 15.2. The van der Waals surface area contributed by atoms with Gasteiger partial charge in [-0.3, -0.25) is 0 Å². The lowest BCUT2D eigenvalue weighted by Crippen LogP contribution is -2.24. The van der Waals surface area contributed by atoms with Crippen molar-refractivity contribution in [1.82, 2.24) is 4.98 Å². The lowest BCUT2D eigenvalue weighted by molar-refractivity contribution is -0.301. The van der Waals surface area contributed by atoms with Crippen molar-refractivity contribution in [1.29, 1.82) is 0 Å². The highest BCUT2D eigenvalue weighted by molar-refractivity contribution is 8.09. The monoisotopic (exact) mass is 412 g/mol. The van der Waals surface area contributed by atoms with Crippen LogP contribution in [0.2, 0.25) is 0 Å². The Morgan fingerprint density at radius 1 is 1.29 bits per heavy atom. The van der Waals surface area contributed by atoms with Crippen LogP contribution in [0.5, 0.6) is 11.5 Å². The first-order chi connectivity index (χ1) is 13.6. The lowest BCUT2D eigenvalue weighted by Gasteiger charge is -2.11. The zero-order chi connectivity index (χ0) is 19.9. The van der Waals surface area contributed by atoms with Gasteiger partial charge >= 0.3 is 0 Å². The molecule has 3 aromatic rings. The molecule has 7 heteroatoms. The quantitative estimate of drug-likeness (QED) is 0.497. The number of ether oxygens (including phenoxy) is 2. The summed E-state index contributed by atoms with van der Waals surface area (Å²) in [7, 11) is 1.57. The number of carboxylic acids is 1. The van der Waals surface area contributed by atoms with Gasteiger partial charge in [-0.25, -0.2) is 4.98 Å². The highest BCUT2D eigenvalue weighted by Crippen LogP contribution is 2.36. The van der Waals surface area contributed by atoms with E-state index < -0.39 is 5.97 Å². The van der Waals surface area contributed by atoms with E-state index in [0.29, 0.717) is 18.1 Å². The van der Waals surface area contributed by atoms with Gasteiger partial charge in [0, 0.05) is 10.7 Å². The van der Waals surface area contributed by atoms with Gasteiger partial charge in [0.2, 0.25) is 0 Å². The zero-order valence-corrected chi connectivity index (χ0v) is 16.8. The third-order valence-corrected chi connectivity index (χ3v) is 5.89. The Morgan fingerprint density at radius 2 is 2.11 bits per heavy atom. The normalized spacial score (nSPS) is 11.4. The predicted molar refractivity (Wildman–Crippen MR) is 114 cm³/mol. The lowest BCUT2D eigenvalue weighted by atomic mass is 10.2. The molecule has 0 spiro atoms. The van der Waals surface area contributed by atoms with E-state index in [2.05, 4.69) is 11.6 Å². The number of rotatable bonds is 9. The van der Waals surface area contributed by atoms with Crippen molar-refractivity contribution in [3.63, 3.8) is 0 Å². The summed E-state index contributed by atoms with van der Waals surface area (Å²) in [6, 6.07) is 13.3. The van der Waals surface area contributed by atoms with E-state index in [4.69, 9.17) is 9.47 Å². The van der Waals surface area contributed by atoms with Crippen LogP contribution >= 0.6 is 23.1 Å². The maximum Gasteiger partial charge on any atom is 0.161 e. The Hall–Kier alpha value is -2.77. The van der Waals surface area contributed by atoms with E-state index in [1.165, 1.54) is 23.1 Å². The molecule has 0 aliphatic rings. The van der Waals surface area contributed by atoms with Gasteiger partial charge in [0.15, 0.2) is 11.5 Å². The second-order valence-electron chi connectivity index (χ2n) is 5.67. The van der Waals surface area contributed by atoms with Gasteiger partial charge in [-0.15, -0.1) is 23.1 Å². The first-order valence-electron chi connectivity index (χ1n) is 8.42. The molecule has 5 nitrogen and oxygen atoms in total. The first-order valence-corrected chi connectivity index (χ1v) is 10.2. The van der Waals surface area contributed by atoms with Crippen LogP contribution in [0.4, 0.5) is 0 Å². The Morgan fingerprint density at radius 3 is 2.82 bits per heavy atom. The molecule has 0 saturated carbocycles. The summed E-state index contributed by atoms with van der Waals surface area (Å²) in [6.07, 6.45) is 3.56. The predicted octanol–water partition coefficient (Wildman–Crippen LogP) is 3.85. The first kappa shape index (κ1) is 20.0. The number of carboxylic acid groups (broad SMARTS) is 1. The standard InChI is InChI=1S/C21H19NO4S2/c1-3-10-26-16-9-8-14(11-17(16)25-2)12-19(27-13-20(23)24)21-22-15-6-4-5-7-18(15)28-21/h3-9,11-12H,1,10,13H2,2H3,(H,23,24)/p-1/b19-12-. The van der Waals surface area contributed by atoms with Gasteiger partial charge < -0.3 is 19.4 Å². The van der Waals surface area contributed by atoms with E-state index in [9.17, 15) is 9.90 Å². The van der Waals surface area contributed by atoms with E-state index in [0.717, 1.165) is 25.7 Å². The SMILES string of the molecule is C=CCOc1ccc(/C=C(\SCC(=O)[O-])c2nc3ccccc3s2)cc1OC. The highest BCUT2D eigenvalue weighted by atomic mass is 32.2. The van der Waals surface area contributed by atoms with Crippen molar-refractivity contribution in [3.05, 3.63) is 65.7 Å². The second kappa shape index (κ2) is 9.43. The number of carbonyl (C=O) groups is 1. The number of nitrogens with zero attached hydrogens (tertiary/aromatic N) is 1. The third kappa shape index (κ3) is 4.94. The molecule has 1 aromatic heterocycles.